The lowest BCUT2D eigenvalue weighted by atomic mass is 10.3. The van der Waals surface area contributed by atoms with Crippen LogP contribution >= 0.6 is 23.1 Å². The minimum atomic E-state index is -0.0657. The van der Waals surface area contributed by atoms with E-state index in [-0.39, 0.29) is 6.61 Å². The maximum atomic E-state index is 8.63. The van der Waals surface area contributed by atoms with Crippen LogP contribution in [0.4, 0.5) is 0 Å². The molecule has 0 aliphatic carbocycles. The van der Waals surface area contributed by atoms with Crippen molar-refractivity contribution in [1.29, 1.82) is 0 Å². The second-order valence-electron chi connectivity index (χ2n) is 3.84. The molecule has 1 aromatic heterocycles. The summed E-state index contributed by atoms with van der Waals surface area (Å²) >= 11 is 3.73. The Morgan fingerprint density at radius 3 is 2.83 bits per heavy atom. The van der Waals surface area contributed by atoms with E-state index in [9.17, 15) is 0 Å². The van der Waals surface area contributed by atoms with E-state index >= 15 is 0 Å². The Bertz CT molecular complexity index is 388. The number of nitrogens with zero attached hydrogens (tertiary/aromatic N) is 1. The highest BCUT2D eigenvalue weighted by atomic mass is 32.2. The molecule has 0 atom stereocenters. The highest BCUT2D eigenvalue weighted by Crippen LogP contribution is 2.20. The van der Waals surface area contributed by atoms with Gasteiger partial charge in [0.1, 0.15) is 6.61 Å². The molecule has 0 fully saturated rings. The standard InChI is InChI=1S/C14H21NOS2/c1-3-15(4-2)7-9-17-12-14-10-13(11-18-14)6-5-8-16/h10-11,16H,3-4,7-9,12H2,1-2H3. The Labute approximate surface area is 118 Å². The van der Waals surface area contributed by atoms with Crippen LogP contribution < -0.4 is 0 Å². The second kappa shape index (κ2) is 9.46. The Balaban J connectivity index is 2.25. The summed E-state index contributed by atoms with van der Waals surface area (Å²) in [4.78, 5) is 3.81. The van der Waals surface area contributed by atoms with E-state index in [0.29, 0.717) is 0 Å². The van der Waals surface area contributed by atoms with Crippen LogP contribution in [0.1, 0.15) is 24.3 Å². The molecule has 1 rings (SSSR count). The molecule has 1 aromatic rings. The number of aliphatic hydroxyl groups excluding tert-OH is 1. The van der Waals surface area contributed by atoms with Crippen molar-refractivity contribution < 1.29 is 5.11 Å². The molecule has 0 radical (unpaired) electrons. The molecular weight excluding hydrogens is 262 g/mol. The topological polar surface area (TPSA) is 23.5 Å². The van der Waals surface area contributed by atoms with E-state index in [1.807, 2.05) is 11.8 Å². The van der Waals surface area contributed by atoms with Gasteiger partial charge in [-0.1, -0.05) is 25.7 Å². The lowest BCUT2D eigenvalue weighted by Gasteiger charge is -2.17. The first-order valence-corrected chi connectivity index (χ1v) is 8.30. The van der Waals surface area contributed by atoms with Gasteiger partial charge in [0.25, 0.3) is 0 Å². The molecule has 4 heteroatoms. The summed E-state index contributed by atoms with van der Waals surface area (Å²) in [7, 11) is 0. The Hall–Kier alpha value is -0.470. The molecule has 2 nitrogen and oxygen atoms in total. The first-order chi connectivity index (χ1) is 8.80. The lowest BCUT2D eigenvalue weighted by Crippen LogP contribution is -2.25. The normalized spacial score (nSPS) is 10.4. The molecule has 0 bridgehead atoms. The average molecular weight is 283 g/mol. The maximum Gasteiger partial charge on any atom is 0.104 e. The van der Waals surface area contributed by atoms with Crippen molar-refractivity contribution in [3.8, 4) is 11.8 Å². The highest BCUT2D eigenvalue weighted by molar-refractivity contribution is 7.98. The van der Waals surface area contributed by atoms with Gasteiger partial charge in [-0.2, -0.15) is 11.8 Å². The van der Waals surface area contributed by atoms with Crippen molar-refractivity contribution in [3.05, 3.63) is 21.9 Å². The van der Waals surface area contributed by atoms with E-state index in [1.165, 1.54) is 17.2 Å². The van der Waals surface area contributed by atoms with Gasteiger partial charge in [0, 0.05) is 33.9 Å². The van der Waals surface area contributed by atoms with Gasteiger partial charge < -0.3 is 10.0 Å². The summed E-state index contributed by atoms with van der Waals surface area (Å²) in [5.74, 6) is 7.85. The minimum absolute atomic E-state index is 0.0657. The number of aliphatic hydroxyl groups is 1. The Kier molecular flexibility index (Phi) is 8.19. The largest absolute Gasteiger partial charge is 0.384 e. The molecule has 1 N–H and O–H groups in total. The van der Waals surface area contributed by atoms with Gasteiger partial charge in [-0.15, -0.1) is 11.3 Å². The van der Waals surface area contributed by atoms with Crippen molar-refractivity contribution in [1.82, 2.24) is 4.90 Å². The van der Waals surface area contributed by atoms with E-state index in [1.54, 1.807) is 11.3 Å². The first kappa shape index (κ1) is 15.6. The van der Waals surface area contributed by atoms with Gasteiger partial charge in [-0.3, -0.25) is 0 Å². The molecule has 1 heterocycles. The second-order valence-corrected chi connectivity index (χ2v) is 5.94. The van der Waals surface area contributed by atoms with Crippen LogP contribution in [0.15, 0.2) is 11.4 Å². The van der Waals surface area contributed by atoms with Gasteiger partial charge in [-0.05, 0) is 19.2 Å². The molecule has 0 unspecified atom stereocenters. The summed E-state index contributed by atoms with van der Waals surface area (Å²) in [6.45, 7) is 7.79. The zero-order valence-electron chi connectivity index (χ0n) is 11.1. The molecule has 0 aromatic carbocycles. The SMILES string of the molecule is CCN(CC)CCSCc1cc(C#CCO)cs1. The van der Waals surface area contributed by atoms with E-state index < -0.39 is 0 Å². The fourth-order valence-corrected chi connectivity index (χ4v) is 3.51. The van der Waals surface area contributed by atoms with Gasteiger partial charge in [0.2, 0.25) is 0 Å². The van der Waals surface area contributed by atoms with Crippen molar-refractivity contribution in [3.63, 3.8) is 0 Å². The van der Waals surface area contributed by atoms with Crippen LogP contribution in [0, 0.1) is 11.8 Å². The van der Waals surface area contributed by atoms with E-state index in [0.717, 1.165) is 24.4 Å². The molecule has 0 spiro atoms. The van der Waals surface area contributed by atoms with Gasteiger partial charge in [0.15, 0.2) is 0 Å². The van der Waals surface area contributed by atoms with Crippen LogP contribution in [0.25, 0.3) is 0 Å². The predicted molar refractivity (Wildman–Crippen MR) is 82.2 cm³/mol. The lowest BCUT2D eigenvalue weighted by molar-refractivity contribution is 0.324. The van der Waals surface area contributed by atoms with Crippen molar-refractivity contribution in [2.24, 2.45) is 0 Å². The third-order valence-electron chi connectivity index (χ3n) is 2.66. The number of hydrogen-bond acceptors (Lipinski definition) is 4. The number of thioether (sulfide) groups is 1. The molecule has 100 valence electrons. The third-order valence-corrected chi connectivity index (χ3v) is 4.76. The van der Waals surface area contributed by atoms with Gasteiger partial charge in [-0.25, -0.2) is 0 Å². The fraction of sp³-hybridized carbons (Fsp3) is 0.571. The molecule has 0 aliphatic rings. The molecule has 18 heavy (non-hydrogen) atoms. The minimum Gasteiger partial charge on any atom is -0.384 e. The summed E-state index contributed by atoms with van der Waals surface area (Å²) in [5, 5.41) is 10.7. The summed E-state index contributed by atoms with van der Waals surface area (Å²) in [5.41, 5.74) is 1.02. The van der Waals surface area contributed by atoms with Crippen LogP contribution in [0.3, 0.4) is 0 Å². The van der Waals surface area contributed by atoms with Crippen LogP contribution in [-0.4, -0.2) is 42.0 Å². The number of rotatable bonds is 7. The molecule has 0 saturated heterocycles. The molecule has 0 aliphatic heterocycles. The average Bonchev–Trinajstić information content (AvgIpc) is 2.84. The number of hydrogen-bond donors (Lipinski definition) is 1. The Morgan fingerprint density at radius 1 is 1.39 bits per heavy atom. The first-order valence-electron chi connectivity index (χ1n) is 6.27. The van der Waals surface area contributed by atoms with Gasteiger partial charge >= 0.3 is 0 Å². The zero-order chi connectivity index (χ0) is 13.2. The monoisotopic (exact) mass is 283 g/mol. The van der Waals surface area contributed by atoms with Gasteiger partial charge in [0.05, 0.1) is 0 Å². The maximum absolute atomic E-state index is 8.63. The molecular formula is C14H21NOS2. The fourth-order valence-electron chi connectivity index (χ4n) is 1.57. The summed E-state index contributed by atoms with van der Waals surface area (Å²) in [6.07, 6.45) is 0. The van der Waals surface area contributed by atoms with Crippen molar-refractivity contribution >= 4 is 23.1 Å². The van der Waals surface area contributed by atoms with Crippen molar-refractivity contribution in [2.75, 3.05) is 32.0 Å². The predicted octanol–water partition coefficient (Wildman–Crippen LogP) is 2.67. The summed E-state index contributed by atoms with van der Waals surface area (Å²) < 4.78 is 0. The van der Waals surface area contributed by atoms with Crippen LogP contribution in [0.2, 0.25) is 0 Å². The zero-order valence-corrected chi connectivity index (χ0v) is 12.7. The third kappa shape index (κ3) is 5.92. The quantitative estimate of drug-likeness (QED) is 0.615. The van der Waals surface area contributed by atoms with E-state index in [4.69, 9.17) is 5.11 Å². The Morgan fingerprint density at radius 2 is 2.17 bits per heavy atom. The van der Waals surface area contributed by atoms with Crippen LogP contribution in [0.5, 0.6) is 0 Å². The molecule has 0 saturated carbocycles. The number of thiophene rings is 1. The summed E-state index contributed by atoms with van der Waals surface area (Å²) in [6, 6.07) is 2.12. The molecule has 0 amide bonds. The smallest absolute Gasteiger partial charge is 0.104 e. The van der Waals surface area contributed by atoms with E-state index in [2.05, 4.69) is 42.0 Å². The highest BCUT2D eigenvalue weighted by Gasteiger charge is 2.01. The van der Waals surface area contributed by atoms with Crippen LogP contribution in [-0.2, 0) is 5.75 Å². The van der Waals surface area contributed by atoms with Crippen molar-refractivity contribution in [2.45, 2.75) is 19.6 Å².